The maximum atomic E-state index is 4.99. The fourth-order valence-electron chi connectivity index (χ4n) is 2.40. The fourth-order valence-corrected chi connectivity index (χ4v) is 2.40. The molecule has 0 radical (unpaired) electrons. The average molecular weight is 252 g/mol. The zero-order chi connectivity index (χ0) is 13.0. The van der Waals surface area contributed by atoms with Crippen LogP contribution in [0.1, 0.15) is 32.0 Å². The highest BCUT2D eigenvalue weighted by Crippen LogP contribution is 2.17. The summed E-state index contributed by atoms with van der Waals surface area (Å²) < 4.78 is 4.99. The number of nitrogens with one attached hydrogen (secondary N) is 1. The number of hydrogen-bond acceptors (Lipinski definition) is 5. The van der Waals surface area contributed by atoms with Crippen LogP contribution in [0.3, 0.4) is 0 Å². The molecule has 1 aromatic heterocycles. The lowest BCUT2D eigenvalue weighted by Crippen LogP contribution is -2.28. The van der Waals surface area contributed by atoms with Gasteiger partial charge in [-0.1, -0.05) is 19.0 Å². The molecular formula is C13H24N4O. The molecule has 0 aliphatic carbocycles. The van der Waals surface area contributed by atoms with Crippen LogP contribution in [-0.4, -0.2) is 41.2 Å². The predicted octanol–water partition coefficient (Wildman–Crippen LogP) is 1.45. The summed E-state index contributed by atoms with van der Waals surface area (Å²) in [5.41, 5.74) is 0. The summed E-state index contributed by atoms with van der Waals surface area (Å²) >= 11 is 0. The second kappa shape index (κ2) is 6.29. The van der Waals surface area contributed by atoms with E-state index in [1.54, 1.807) is 0 Å². The monoisotopic (exact) mass is 252 g/mol. The molecule has 2 heterocycles. The summed E-state index contributed by atoms with van der Waals surface area (Å²) in [5, 5.41) is 7.49. The first-order valence-corrected chi connectivity index (χ1v) is 6.85. The Labute approximate surface area is 109 Å². The van der Waals surface area contributed by atoms with E-state index in [9.17, 15) is 0 Å². The van der Waals surface area contributed by atoms with Gasteiger partial charge in [0.1, 0.15) is 0 Å². The van der Waals surface area contributed by atoms with E-state index < -0.39 is 0 Å². The first-order chi connectivity index (χ1) is 8.63. The molecule has 1 fully saturated rings. The van der Waals surface area contributed by atoms with E-state index in [1.807, 2.05) is 6.92 Å². The Kier molecular flexibility index (Phi) is 4.72. The van der Waals surface area contributed by atoms with E-state index in [0.717, 1.165) is 50.4 Å². The number of likely N-dealkylation sites (tertiary alicyclic amines) is 1. The van der Waals surface area contributed by atoms with Crippen LogP contribution in [0.25, 0.3) is 0 Å². The van der Waals surface area contributed by atoms with Gasteiger partial charge in [0.15, 0.2) is 5.82 Å². The van der Waals surface area contributed by atoms with E-state index in [4.69, 9.17) is 4.52 Å². The first kappa shape index (κ1) is 13.5. The van der Waals surface area contributed by atoms with Crippen LogP contribution in [0.4, 0.5) is 0 Å². The zero-order valence-electron chi connectivity index (χ0n) is 11.6. The van der Waals surface area contributed by atoms with Crippen molar-refractivity contribution in [3.05, 3.63) is 11.7 Å². The molecule has 0 spiro atoms. The van der Waals surface area contributed by atoms with Crippen LogP contribution in [-0.2, 0) is 6.54 Å². The molecule has 1 atom stereocenters. The van der Waals surface area contributed by atoms with Gasteiger partial charge < -0.3 is 9.84 Å². The van der Waals surface area contributed by atoms with Gasteiger partial charge in [-0.05, 0) is 37.9 Å². The highest BCUT2D eigenvalue weighted by molar-refractivity contribution is 4.87. The molecule has 5 nitrogen and oxygen atoms in total. The highest BCUT2D eigenvalue weighted by Gasteiger charge is 2.23. The molecular weight excluding hydrogens is 228 g/mol. The Balaban J connectivity index is 1.68. The predicted molar refractivity (Wildman–Crippen MR) is 70.1 cm³/mol. The summed E-state index contributed by atoms with van der Waals surface area (Å²) in [4.78, 5) is 6.66. The minimum absolute atomic E-state index is 0.652. The van der Waals surface area contributed by atoms with Gasteiger partial charge in [-0.15, -0.1) is 0 Å². The van der Waals surface area contributed by atoms with Gasteiger partial charge in [-0.3, -0.25) is 4.90 Å². The van der Waals surface area contributed by atoms with E-state index in [2.05, 4.69) is 34.2 Å². The topological polar surface area (TPSA) is 54.2 Å². The molecule has 1 aromatic rings. The number of hydrogen-bond donors (Lipinski definition) is 1. The summed E-state index contributed by atoms with van der Waals surface area (Å²) in [6, 6.07) is 0. The maximum Gasteiger partial charge on any atom is 0.223 e. The van der Waals surface area contributed by atoms with E-state index in [0.29, 0.717) is 5.89 Å². The molecule has 1 saturated heterocycles. The number of aryl methyl sites for hydroxylation is 1. The summed E-state index contributed by atoms with van der Waals surface area (Å²) in [5.74, 6) is 2.95. The lowest BCUT2D eigenvalue weighted by Gasteiger charge is -2.15. The van der Waals surface area contributed by atoms with Gasteiger partial charge in [0.2, 0.25) is 5.89 Å². The third kappa shape index (κ3) is 4.07. The van der Waals surface area contributed by atoms with Crippen LogP contribution >= 0.6 is 0 Å². The Morgan fingerprint density at radius 1 is 1.50 bits per heavy atom. The Bertz CT molecular complexity index is 364. The molecule has 1 aliphatic heterocycles. The lowest BCUT2D eigenvalue weighted by atomic mass is 10.1. The number of rotatable bonds is 6. The highest BCUT2D eigenvalue weighted by atomic mass is 16.5. The molecule has 102 valence electrons. The minimum Gasteiger partial charge on any atom is -0.340 e. The molecule has 2 rings (SSSR count). The van der Waals surface area contributed by atoms with Gasteiger partial charge in [-0.25, -0.2) is 0 Å². The molecule has 0 amide bonds. The largest absolute Gasteiger partial charge is 0.340 e. The molecule has 1 N–H and O–H groups in total. The Morgan fingerprint density at radius 3 is 3.00 bits per heavy atom. The molecule has 1 aliphatic rings. The summed E-state index contributed by atoms with van der Waals surface area (Å²) in [7, 11) is 0. The molecule has 18 heavy (non-hydrogen) atoms. The van der Waals surface area contributed by atoms with Crippen LogP contribution < -0.4 is 5.32 Å². The smallest absolute Gasteiger partial charge is 0.223 e. The van der Waals surface area contributed by atoms with Crippen LogP contribution in [0.5, 0.6) is 0 Å². The summed E-state index contributed by atoms with van der Waals surface area (Å²) in [6.45, 7) is 11.6. The van der Waals surface area contributed by atoms with Gasteiger partial charge in [0, 0.05) is 13.5 Å². The maximum absolute atomic E-state index is 4.99. The number of aromatic nitrogens is 2. The van der Waals surface area contributed by atoms with Crippen molar-refractivity contribution in [2.75, 3.05) is 26.2 Å². The molecule has 0 saturated carbocycles. The Hall–Kier alpha value is -0.940. The molecule has 0 aromatic carbocycles. The lowest BCUT2D eigenvalue weighted by molar-refractivity contribution is 0.296. The van der Waals surface area contributed by atoms with E-state index >= 15 is 0 Å². The SMILES string of the molecule is Cc1nc(CN2CCC(CNCC(C)C)C2)no1. The van der Waals surface area contributed by atoms with Gasteiger partial charge in [-0.2, -0.15) is 4.98 Å². The van der Waals surface area contributed by atoms with Crippen molar-refractivity contribution >= 4 is 0 Å². The van der Waals surface area contributed by atoms with Crippen molar-refractivity contribution in [1.29, 1.82) is 0 Å². The van der Waals surface area contributed by atoms with Crippen LogP contribution in [0, 0.1) is 18.8 Å². The Morgan fingerprint density at radius 2 is 2.33 bits per heavy atom. The van der Waals surface area contributed by atoms with Crippen molar-refractivity contribution in [2.45, 2.75) is 33.7 Å². The molecule has 5 heteroatoms. The van der Waals surface area contributed by atoms with Crippen molar-refractivity contribution in [3.8, 4) is 0 Å². The van der Waals surface area contributed by atoms with Gasteiger partial charge >= 0.3 is 0 Å². The normalized spacial score (nSPS) is 21.0. The quantitative estimate of drug-likeness (QED) is 0.830. The van der Waals surface area contributed by atoms with Crippen molar-refractivity contribution in [2.24, 2.45) is 11.8 Å². The average Bonchev–Trinajstić information content (AvgIpc) is 2.89. The van der Waals surface area contributed by atoms with E-state index in [1.165, 1.54) is 6.42 Å². The van der Waals surface area contributed by atoms with Gasteiger partial charge in [0.05, 0.1) is 6.54 Å². The minimum atomic E-state index is 0.652. The second-order valence-corrected chi connectivity index (χ2v) is 5.67. The zero-order valence-corrected chi connectivity index (χ0v) is 11.6. The van der Waals surface area contributed by atoms with Crippen LogP contribution in [0.15, 0.2) is 4.52 Å². The van der Waals surface area contributed by atoms with Crippen molar-refractivity contribution in [1.82, 2.24) is 20.4 Å². The standard InChI is InChI=1S/C13H24N4O/c1-10(2)6-14-7-12-4-5-17(8-12)9-13-15-11(3)18-16-13/h10,12,14H,4-9H2,1-3H3. The number of nitrogens with zero attached hydrogens (tertiary/aromatic N) is 3. The van der Waals surface area contributed by atoms with Crippen molar-refractivity contribution < 1.29 is 4.52 Å². The fraction of sp³-hybridized carbons (Fsp3) is 0.846. The molecule has 0 bridgehead atoms. The summed E-state index contributed by atoms with van der Waals surface area (Å²) in [6.07, 6.45) is 1.27. The first-order valence-electron chi connectivity index (χ1n) is 6.85. The third-order valence-electron chi connectivity index (χ3n) is 3.29. The third-order valence-corrected chi connectivity index (χ3v) is 3.29. The van der Waals surface area contributed by atoms with Crippen molar-refractivity contribution in [3.63, 3.8) is 0 Å². The molecule has 1 unspecified atom stereocenters. The van der Waals surface area contributed by atoms with E-state index in [-0.39, 0.29) is 0 Å². The van der Waals surface area contributed by atoms with Crippen LogP contribution in [0.2, 0.25) is 0 Å². The second-order valence-electron chi connectivity index (χ2n) is 5.67. The van der Waals surface area contributed by atoms with Gasteiger partial charge in [0.25, 0.3) is 0 Å².